The van der Waals surface area contributed by atoms with Gasteiger partial charge in [-0.3, -0.25) is 9.59 Å². The summed E-state index contributed by atoms with van der Waals surface area (Å²) < 4.78 is 1.41. The molecule has 8 heteroatoms. The molecule has 3 N–H and O–H groups in total. The molecule has 1 heterocycles. The van der Waals surface area contributed by atoms with E-state index in [1.165, 1.54) is 16.9 Å². The number of aromatic nitrogens is 2. The summed E-state index contributed by atoms with van der Waals surface area (Å²) in [7, 11) is 0. The van der Waals surface area contributed by atoms with Crippen LogP contribution in [0.4, 0.5) is 5.69 Å². The number of benzene rings is 1. The molecule has 0 aliphatic rings. The Morgan fingerprint density at radius 1 is 1.15 bits per heavy atom. The molecule has 0 aliphatic carbocycles. The van der Waals surface area contributed by atoms with Gasteiger partial charge in [-0.25, -0.2) is 9.48 Å². The van der Waals surface area contributed by atoms with Gasteiger partial charge >= 0.3 is 5.97 Å². The Kier molecular flexibility index (Phi) is 6.33. The van der Waals surface area contributed by atoms with Gasteiger partial charge in [0.15, 0.2) is 5.69 Å². The van der Waals surface area contributed by atoms with Crippen molar-refractivity contribution in [1.82, 2.24) is 15.1 Å². The van der Waals surface area contributed by atoms with Gasteiger partial charge in [0, 0.05) is 24.6 Å². The highest BCUT2D eigenvalue weighted by Crippen LogP contribution is 2.20. The third-order valence-electron chi connectivity index (χ3n) is 3.78. The first-order chi connectivity index (χ1) is 12.7. The number of rotatable bonds is 7. The first kappa shape index (κ1) is 20.2. The van der Waals surface area contributed by atoms with Crippen LogP contribution in [0.3, 0.4) is 0 Å². The number of nitrogens with one attached hydrogen (secondary N) is 2. The number of hydrogen-bond donors (Lipinski definition) is 3. The number of hydrogen-bond acceptors (Lipinski definition) is 4. The lowest BCUT2D eigenvalue weighted by molar-refractivity contribution is -0.128. The van der Waals surface area contributed by atoms with Crippen LogP contribution in [0.2, 0.25) is 0 Å². The molecule has 27 heavy (non-hydrogen) atoms. The zero-order chi connectivity index (χ0) is 20.0. The summed E-state index contributed by atoms with van der Waals surface area (Å²) in [6.07, 6.45) is 2.29. The molecule has 144 valence electrons. The van der Waals surface area contributed by atoms with Crippen molar-refractivity contribution < 1.29 is 19.5 Å². The van der Waals surface area contributed by atoms with E-state index in [1.54, 1.807) is 24.3 Å². The van der Waals surface area contributed by atoms with Crippen molar-refractivity contribution in [3.05, 3.63) is 42.2 Å². The van der Waals surface area contributed by atoms with Gasteiger partial charge in [-0.15, -0.1) is 0 Å². The third kappa shape index (κ3) is 5.67. The highest BCUT2D eigenvalue weighted by Gasteiger charge is 2.20. The molecule has 1 aromatic carbocycles. The van der Waals surface area contributed by atoms with Crippen LogP contribution in [-0.2, 0) is 9.59 Å². The van der Waals surface area contributed by atoms with Crippen molar-refractivity contribution in [2.45, 2.75) is 33.6 Å². The molecule has 0 fully saturated rings. The second-order valence-electron chi connectivity index (χ2n) is 7.13. The van der Waals surface area contributed by atoms with E-state index in [9.17, 15) is 14.4 Å². The molecular weight excluding hydrogens is 348 g/mol. The average molecular weight is 372 g/mol. The van der Waals surface area contributed by atoms with Gasteiger partial charge in [-0.2, -0.15) is 5.10 Å². The van der Waals surface area contributed by atoms with Gasteiger partial charge in [0.2, 0.25) is 11.8 Å². The van der Waals surface area contributed by atoms with E-state index in [0.717, 1.165) is 0 Å². The van der Waals surface area contributed by atoms with Gasteiger partial charge in [-0.05, 0) is 24.6 Å². The van der Waals surface area contributed by atoms with Crippen molar-refractivity contribution in [2.24, 2.45) is 5.41 Å². The van der Waals surface area contributed by atoms with E-state index in [1.807, 2.05) is 20.8 Å². The van der Waals surface area contributed by atoms with Crippen LogP contribution in [-0.4, -0.2) is 39.2 Å². The Labute approximate surface area is 157 Å². The van der Waals surface area contributed by atoms with Crippen molar-refractivity contribution in [3.63, 3.8) is 0 Å². The van der Waals surface area contributed by atoms with Gasteiger partial charge in [0.05, 0.1) is 11.4 Å². The first-order valence-corrected chi connectivity index (χ1v) is 8.65. The van der Waals surface area contributed by atoms with E-state index in [2.05, 4.69) is 15.7 Å². The molecule has 8 nitrogen and oxygen atoms in total. The maximum atomic E-state index is 12.2. The smallest absolute Gasteiger partial charge is 0.356 e. The Bertz CT molecular complexity index is 836. The maximum absolute atomic E-state index is 12.2. The van der Waals surface area contributed by atoms with Crippen LogP contribution in [0.5, 0.6) is 0 Å². The number of nitrogens with zero attached hydrogens (tertiary/aromatic N) is 2. The summed E-state index contributed by atoms with van der Waals surface area (Å²) in [5, 5.41) is 18.6. The Balaban J connectivity index is 1.94. The molecule has 2 rings (SSSR count). The topological polar surface area (TPSA) is 113 Å². The maximum Gasteiger partial charge on any atom is 0.356 e. The molecule has 0 bridgehead atoms. The summed E-state index contributed by atoms with van der Waals surface area (Å²) in [5.74, 6) is -1.37. The highest BCUT2D eigenvalue weighted by molar-refractivity contribution is 5.93. The van der Waals surface area contributed by atoms with Crippen LogP contribution in [0.25, 0.3) is 5.69 Å². The molecule has 0 saturated heterocycles. The minimum atomic E-state index is -1.12. The summed E-state index contributed by atoms with van der Waals surface area (Å²) in [4.78, 5) is 35.0. The number of carbonyl (C=O) groups is 3. The number of carboxylic acids is 1. The van der Waals surface area contributed by atoms with Crippen LogP contribution in [0.1, 0.15) is 44.1 Å². The number of carbonyl (C=O) groups excluding carboxylic acids is 2. The van der Waals surface area contributed by atoms with Crippen LogP contribution >= 0.6 is 0 Å². The zero-order valence-corrected chi connectivity index (χ0v) is 15.7. The van der Waals surface area contributed by atoms with Crippen LogP contribution in [0, 0.1) is 5.41 Å². The summed E-state index contributed by atoms with van der Waals surface area (Å²) in [5.41, 5.74) is 0.561. The highest BCUT2D eigenvalue weighted by atomic mass is 16.4. The van der Waals surface area contributed by atoms with Gasteiger partial charge in [-0.1, -0.05) is 32.9 Å². The molecule has 0 unspecified atom stereocenters. The monoisotopic (exact) mass is 372 g/mol. The molecule has 0 atom stereocenters. The molecule has 0 spiro atoms. The molecule has 0 aliphatic heterocycles. The van der Waals surface area contributed by atoms with Gasteiger partial charge in [0.25, 0.3) is 0 Å². The lowest BCUT2D eigenvalue weighted by Crippen LogP contribution is -2.35. The second-order valence-corrected chi connectivity index (χ2v) is 7.13. The summed E-state index contributed by atoms with van der Waals surface area (Å²) in [6, 6.07) is 8.38. The van der Waals surface area contributed by atoms with Crippen molar-refractivity contribution in [1.29, 1.82) is 0 Å². The molecule has 2 aromatic rings. The van der Waals surface area contributed by atoms with Crippen molar-refractivity contribution in [2.75, 3.05) is 11.9 Å². The predicted molar refractivity (Wildman–Crippen MR) is 101 cm³/mol. The Morgan fingerprint density at radius 2 is 1.85 bits per heavy atom. The normalized spacial score (nSPS) is 11.1. The number of aromatic carboxylic acids is 1. The fraction of sp³-hybridized carbons (Fsp3) is 0.368. The van der Waals surface area contributed by atoms with E-state index in [4.69, 9.17) is 5.11 Å². The Hall–Kier alpha value is -3.16. The quantitative estimate of drug-likeness (QED) is 0.646. The van der Waals surface area contributed by atoms with E-state index >= 15 is 0 Å². The van der Waals surface area contributed by atoms with E-state index in [-0.39, 0.29) is 23.9 Å². The number of amides is 2. The number of anilines is 1. The molecular formula is C19H24N4O4. The summed E-state index contributed by atoms with van der Waals surface area (Å²) in [6.45, 7) is 5.91. The minimum absolute atomic E-state index is 0.0545. The standard InChI is InChI=1S/C19H24N4O4/c1-19(2,3)18(27)20-11-6-9-16(24)21-13-7-4-5-8-15(13)23-12-10-14(22-23)17(25)26/h4-5,7-8,10,12H,6,9,11H2,1-3H3,(H,20,27)(H,21,24)(H,25,26). The number of carboxylic acid groups (broad SMARTS) is 1. The van der Waals surface area contributed by atoms with Gasteiger partial charge in [0.1, 0.15) is 0 Å². The Morgan fingerprint density at radius 3 is 2.48 bits per heavy atom. The van der Waals surface area contributed by atoms with Crippen molar-refractivity contribution >= 4 is 23.5 Å². The first-order valence-electron chi connectivity index (χ1n) is 8.65. The average Bonchev–Trinajstić information content (AvgIpc) is 3.08. The van der Waals surface area contributed by atoms with E-state index in [0.29, 0.717) is 24.3 Å². The lowest BCUT2D eigenvalue weighted by atomic mass is 9.96. The molecule has 0 saturated carbocycles. The SMILES string of the molecule is CC(C)(C)C(=O)NCCCC(=O)Nc1ccccc1-n1ccc(C(=O)O)n1. The molecule has 0 radical (unpaired) electrons. The minimum Gasteiger partial charge on any atom is -0.476 e. The third-order valence-corrected chi connectivity index (χ3v) is 3.78. The molecule has 2 amide bonds. The molecule has 1 aromatic heterocycles. The van der Waals surface area contributed by atoms with E-state index < -0.39 is 11.4 Å². The van der Waals surface area contributed by atoms with Crippen LogP contribution in [0.15, 0.2) is 36.5 Å². The lowest BCUT2D eigenvalue weighted by Gasteiger charge is -2.17. The zero-order valence-electron chi connectivity index (χ0n) is 15.7. The second kappa shape index (κ2) is 8.48. The predicted octanol–water partition coefficient (Wildman–Crippen LogP) is 2.45. The number of para-hydroxylation sites is 2. The fourth-order valence-electron chi connectivity index (χ4n) is 2.28. The largest absolute Gasteiger partial charge is 0.476 e. The summed E-state index contributed by atoms with van der Waals surface area (Å²) >= 11 is 0. The fourth-order valence-corrected chi connectivity index (χ4v) is 2.28. The van der Waals surface area contributed by atoms with Crippen LogP contribution < -0.4 is 10.6 Å². The van der Waals surface area contributed by atoms with Crippen molar-refractivity contribution in [3.8, 4) is 5.69 Å². The van der Waals surface area contributed by atoms with Gasteiger partial charge < -0.3 is 15.7 Å².